The second-order valence-electron chi connectivity index (χ2n) is 6.73. The summed E-state index contributed by atoms with van der Waals surface area (Å²) in [6, 6.07) is 13.5. The molecule has 2 aromatic carbocycles. The Hall–Kier alpha value is -3.02. The highest BCUT2D eigenvalue weighted by molar-refractivity contribution is 5.98. The first-order valence-electron chi connectivity index (χ1n) is 9.09. The Morgan fingerprint density at radius 2 is 2.00 bits per heavy atom. The molecule has 1 aliphatic rings. The number of anilines is 3. The minimum Gasteiger partial charge on any atom is -0.495 e. The van der Waals surface area contributed by atoms with Gasteiger partial charge in [0.25, 0.3) is 0 Å². The standard InChI is InChI=1S/C21H25N3O3/c1-14-8-9-16-6-4-5-7-19(16)24(14)21(26)13-22-18-12-17(23-15(2)25)10-11-20(18)27-3/h4-7,10-12,14,22H,8-9,13H2,1-3H3,(H,23,25). The van der Waals surface area contributed by atoms with Gasteiger partial charge in [-0.15, -0.1) is 0 Å². The molecule has 1 unspecified atom stereocenters. The van der Waals surface area contributed by atoms with Gasteiger partial charge in [-0.3, -0.25) is 9.59 Å². The summed E-state index contributed by atoms with van der Waals surface area (Å²) in [6.45, 7) is 3.67. The number of fused-ring (bicyclic) bond motifs is 1. The lowest BCUT2D eigenvalue weighted by Gasteiger charge is -2.35. The number of hydrogen-bond donors (Lipinski definition) is 2. The van der Waals surface area contributed by atoms with Crippen molar-refractivity contribution in [2.24, 2.45) is 0 Å². The van der Waals surface area contributed by atoms with Crippen molar-refractivity contribution < 1.29 is 14.3 Å². The molecule has 1 aliphatic heterocycles. The van der Waals surface area contributed by atoms with E-state index in [0.717, 1.165) is 18.5 Å². The van der Waals surface area contributed by atoms with Gasteiger partial charge in [-0.1, -0.05) is 18.2 Å². The number of nitrogens with one attached hydrogen (secondary N) is 2. The van der Waals surface area contributed by atoms with E-state index in [1.54, 1.807) is 25.3 Å². The quantitative estimate of drug-likeness (QED) is 0.849. The van der Waals surface area contributed by atoms with E-state index in [2.05, 4.69) is 23.6 Å². The van der Waals surface area contributed by atoms with Crippen molar-refractivity contribution in [3.8, 4) is 5.75 Å². The summed E-state index contributed by atoms with van der Waals surface area (Å²) in [5, 5.41) is 5.90. The predicted molar refractivity (Wildman–Crippen MR) is 107 cm³/mol. The second-order valence-corrected chi connectivity index (χ2v) is 6.73. The average molecular weight is 367 g/mol. The normalized spacial score (nSPS) is 15.7. The predicted octanol–water partition coefficient (Wildman–Crippen LogP) is 3.43. The van der Waals surface area contributed by atoms with Crippen molar-refractivity contribution in [1.82, 2.24) is 0 Å². The van der Waals surface area contributed by atoms with E-state index in [1.807, 2.05) is 23.1 Å². The number of para-hydroxylation sites is 1. The Morgan fingerprint density at radius 1 is 1.22 bits per heavy atom. The number of nitrogens with zero attached hydrogens (tertiary/aromatic N) is 1. The van der Waals surface area contributed by atoms with Crippen molar-refractivity contribution in [3.05, 3.63) is 48.0 Å². The smallest absolute Gasteiger partial charge is 0.246 e. The lowest BCUT2D eigenvalue weighted by atomic mass is 9.96. The van der Waals surface area contributed by atoms with Gasteiger partial charge in [0, 0.05) is 24.3 Å². The summed E-state index contributed by atoms with van der Waals surface area (Å²) in [4.78, 5) is 26.1. The summed E-state index contributed by atoms with van der Waals surface area (Å²) in [5.41, 5.74) is 3.50. The molecule has 0 aromatic heterocycles. The summed E-state index contributed by atoms with van der Waals surface area (Å²) in [7, 11) is 1.57. The minimum atomic E-state index is -0.152. The highest BCUT2D eigenvalue weighted by Gasteiger charge is 2.27. The third-order valence-corrected chi connectivity index (χ3v) is 4.74. The van der Waals surface area contributed by atoms with Crippen LogP contribution >= 0.6 is 0 Å². The Labute approximate surface area is 159 Å². The molecule has 1 atom stereocenters. The van der Waals surface area contributed by atoms with Crippen LogP contribution < -0.4 is 20.3 Å². The number of benzene rings is 2. The van der Waals surface area contributed by atoms with Crippen LogP contribution in [0.15, 0.2) is 42.5 Å². The molecule has 0 fully saturated rings. The molecule has 0 radical (unpaired) electrons. The zero-order valence-electron chi connectivity index (χ0n) is 15.9. The largest absolute Gasteiger partial charge is 0.495 e. The summed E-state index contributed by atoms with van der Waals surface area (Å²) in [6.07, 6.45) is 1.94. The number of carbonyl (C=O) groups excluding carboxylic acids is 2. The van der Waals surface area contributed by atoms with Crippen LogP contribution in [0.2, 0.25) is 0 Å². The molecule has 142 valence electrons. The topological polar surface area (TPSA) is 70.7 Å². The fraction of sp³-hybridized carbons (Fsp3) is 0.333. The lowest BCUT2D eigenvalue weighted by Crippen LogP contribution is -2.44. The third kappa shape index (κ3) is 4.22. The summed E-state index contributed by atoms with van der Waals surface area (Å²) < 4.78 is 5.36. The minimum absolute atomic E-state index is 0.00151. The van der Waals surface area contributed by atoms with Crippen molar-refractivity contribution in [2.45, 2.75) is 32.7 Å². The van der Waals surface area contributed by atoms with E-state index in [0.29, 0.717) is 17.1 Å². The molecule has 3 rings (SSSR count). The molecule has 27 heavy (non-hydrogen) atoms. The number of methoxy groups -OCH3 is 1. The number of amides is 2. The molecule has 0 spiro atoms. The number of carbonyl (C=O) groups is 2. The van der Waals surface area contributed by atoms with Crippen LogP contribution in [-0.4, -0.2) is 31.5 Å². The fourth-order valence-corrected chi connectivity index (χ4v) is 3.45. The van der Waals surface area contributed by atoms with E-state index < -0.39 is 0 Å². The van der Waals surface area contributed by atoms with Crippen LogP contribution in [0.1, 0.15) is 25.8 Å². The Kier molecular flexibility index (Phi) is 5.64. The first kappa shape index (κ1) is 18.8. The summed E-state index contributed by atoms with van der Waals surface area (Å²) >= 11 is 0. The van der Waals surface area contributed by atoms with Crippen molar-refractivity contribution in [1.29, 1.82) is 0 Å². The molecule has 0 saturated carbocycles. The molecule has 0 bridgehead atoms. The Morgan fingerprint density at radius 3 is 2.74 bits per heavy atom. The molecule has 0 saturated heterocycles. The third-order valence-electron chi connectivity index (χ3n) is 4.74. The monoisotopic (exact) mass is 367 g/mol. The van der Waals surface area contributed by atoms with Gasteiger partial charge < -0.3 is 20.3 Å². The Bertz CT molecular complexity index is 850. The molecule has 6 nitrogen and oxygen atoms in total. The van der Waals surface area contributed by atoms with E-state index >= 15 is 0 Å². The maximum Gasteiger partial charge on any atom is 0.246 e. The lowest BCUT2D eigenvalue weighted by molar-refractivity contribution is -0.117. The van der Waals surface area contributed by atoms with E-state index in [4.69, 9.17) is 4.74 Å². The van der Waals surface area contributed by atoms with Gasteiger partial charge in [0.05, 0.1) is 19.3 Å². The molecule has 1 heterocycles. The SMILES string of the molecule is COc1ccc(NC(C)=O)cc1NCC(=O)N1c2ccccc2CCC1C. The van der Waals surface area contributed by atoms with Crippen LogP contribution in [-0.2, 0) is 16.0 Å². The number of hydrogen-bond acceptors (Lipinski definition) is 4. The van der Waals surface area contributed by atoms with Crippen LogP contribution in [0, 0.1) is 0 Å². The summed E-state index contributed by atoms with van der Waals surface area (Å²) in [5.74, 6) is 0.464. The maximum absolute atomic E-state index is 13.0. The zero-order valence-corrected chi connectivity index (χ0v) is 15.9. The first-order chi connectivity index (χ1) is 13.0. The average Bonchev–Trinajstić information content (AvgIpc) is 2.65. The van der Waals surface area contributed by atoms with Crippen LogP contribution in [0.5, 0.6) is 5.75 Å². The highest BCUT2D eigenvalue weighted by Crippen LogP contribution is 2.31. The number of ether oxygens (including phenoxy) is 1. The maximum atomic E-state index is 13.0. The van der Waals surface area contributed by atoms with Gasteiger partial charge in [-0.25, -0.2) is 0 Å². The van der Waals surface area contributed by atoms with Gasteiger partial charge in [0.2, 0.25) is 11.8 Å². The molecule has 2 N–H and O–H groups in total. The Balaban J connectivity index is 1.77. The second kappa shape index (κ2) is 8.12. The van der Waals surface area contributed by atoms with Gasteiger partial charge in [-0.2, -0.15) is 0 Å². The van der Waals surface area contributed by atoms with Crippen molar-refractivity contribution in [2.75, 3.05) is 29.2 Å². The molecular weight excluding hydrogens is 342 g/mol. The molecular formula is C21H25N3O3. The van der Waals surface area contributed by atoms with Gasteiger partial charge in [0.1, 0.15) is 5.75 Å². The van der Waals surface area contributed by atoms with Crippen molar-refractivity contribution in [3.63, 3.8) is 0 Å². The van der Waals surface area contributed by atoms with Crippen LogP contribution in [0.4, 0.5) is 17.1 Å². The first-order valence-corrected chi connectivity index (χ1v) is 9.09. The zero-order chi connectivity index (χ0) is 19.4. The highest BCUT2D eigenvalue weighted by atomic mass is 16.5. The fourth-order valence-electron chi connectivity index (χ4n) is 3.45. The van der Waals surface area contributed by atoms with Crippen molar-refractivity contribution >= 4 is 28.9 Å². The van der Waals surface area contributed by atoms with Gasteiger partial charge >= 0.3 is 0 Å². The molecule has 2 aromatic rings. The van der Waals surface area contributed by atoms with Gasteiger partial charge in [-0.05, 0) is 49.6 Å². The van der Waals surface area contributed by atoms with E-state index in [1.165, 1.54) is 12.5 Å². The van der Waals surface area contributed by atoms with E-state index in [9.17, 15) is 9.59 Å². The molecule has 6 heteroatoms. The molecule has 2 amide bonds. The van der Waals surface area contributed by atoms with E-state index in [-0.39, 0.29) is 24.4 Å². The van der Waals surface area contributed by atoms with Crippen LogP contribution in [0.25, 0.3) is 0 Å². The number of aryl methyl sites for hydroxylation is 1. The number of rotatable bonds is 5. The van der Waals surface area contributed by atoms with Gasteiger partial charge in [0.15, 0.2) is 0 Å². The molecule has 0 aliphatic carbocycles. The van der Waals surface area contributed by atoms with Crippen LogP contribution in [0.3, 0.4) is 0 Å².